The van der Waals surface area contributed by atoms with Crippen LogP contribution in [0.1, 0.15) is 25.8 Å². The monoisotopic (exact) mass is 336 g/mol. The predicted molar refractivity (Wildman–Crippen MR) is 95.3 cm³/mol. The number of nitrogens with two attached hydrogens (primary N) is 1. The normalized spacial score (nSPS) is 11.3. The van der Waals surface area contributed by atoms with Gasteiger partial charge in [0.25, 0.3) is 0 Å². The highest BCUT2D eigenvalue weighted by molar-refractivity contribution is 5.78. The van der Waals surface area contributed by atoms with Gasteiger partial charge in [0.15, 0.2) is 17.5 Å². The van der Waals surface area contributed by atoms with Crippen LogP contribution in [0.25, 0.3) is 0 Å². The molecule has 0 heterocycles. The van der Waals surface area contributed by atoms with Crippen molar-refractivity contribution in [2.45, 2.75) is 26.8 Å². The topological polar surface area (TPSA) is 98.0 Å². The van der Waals surface area contributed by atoms with Crippen molar-refractivity contribution in [1.82, 2.24) is 10.6 Å². The lowest BCUT2D eigenvalue weighted by molar-refractivity contribution is -0.123. The minimum atomic E-state index is 0.00563. The number of ether oxygens (including phenoxy) is 2. The Morgan fingerprint density at radius 2 is 1.83 bits per heavy atom. The number of nitrogens with zero attached hydrogens (tertiary/aromatic N) is 1. The molecule has 0 aliphatic carbocycles. The molecule has 1 aromatic rings. The van der Waals surface area contributed by atoms with E-state index in [1.165, 1.54) is 0 Å². The van der Waals surface area contributed by atoms with E-state index in [9.17, 15) is 4.79 Å². The van der Waals surface area contributed by atoms with Crippen molar-refractivity contribution in [3.63, 3.8) is 0 Å². The van der Waals surface area contributed by atoms with Crippen LogP contribution in [-0.2, 0) is 11.3 Å². The average molecular weight is 336 g/mol. The van der Waals surface area contributed by atoms with Gasteiger partial charge in [-0.15, -0.1) is 0 Å². The molecule has 0 spiro atoms. The fraction of sp³-hybridized carbons (Fsp3) is 0.529. The molecule has 0 radical (unpaired) electrons. The first-order valence-electron chi connectivity index (χ1n) is 8.00. The molecular weight excluding hydrogens is 308 g/mol. The molecular formula is C17H28N4O3. The summed E-state index contributed by atoms with van der Waals surface area (Å²) in [7, 11) is 3.19. The van der Waals surface area contributed by atoms with E-state index in [-0.39, 0.29) is 11.8 Å². The van der Waals surface area contributed by atoms with Gasteiger partial charge in [-0.25, -0.2) is 4.99 Å². The van der Waals surface area contributed by atoms with E-state index in [1.54, 1.807) is 14.2 Å². The molecule has 0 aliphatic rings. The third kappa shape index (κ3) is 6.76. The van der Waals surface area contributed by atoms with E-state index in [4.69, 9.17) is 15.2 Å². The Morgan fingerprint density at radius 3 is 2.46 bits per heavy atom. The van der Waals surface area contributed by atoms with Gasteiger partial charge in [-0.2, -0.15) is 0 Å². The summed E-state index contributed by atoms with van der Waals surface area (Å²) in [6.45, 7) is 5.45. The first-order valence-corrected chi connectivity index (χ1v) is 8.00. The molecule has 7 nitrogen and oxygen atoms in total. The zero-order valence-electron chi connectivity index (χ0n) is 14.9. The first-order chi connectivity index (χ1) is 11.5. The van der Waals surface area contributed by atoms with E-state index >= 15 is 0 Å². The molecule has 0 aliphatic heterocycles. The lowest BCUT2D eigenvalue weighted by atomic mass is 10.2. The zero-order chi connectivity index (χ0) is 17.9. The highest BCUT2D eigenvalue weighted by atomic mass is 16.5. The number of hydrogen-bond acceptors (Lipinski definition) is 4. The van der Waals surface area contributed by atoms with Crippen molar-refractivity contribution in [2.24, 2.45) is 16.6 Å². The number of methoxy groups -OCH3 is 2. The molecule has 0 bridgehead atoms. The number of rotatable bonds is 9. The number of guanidine groups is 1. The number of nitrogens with one attached hydrogen (secondary N) is 2. The van der Waals surface area contributed by atoms with Crippen molar-refractivity contribution < 1.29 is 14.3 Å². The standard InChI is InChI=1S/C17H28N4O3/c1-12(2)16(22)19-8-5-9-20-17(18)21-11-13-6-7-14(23-3)15(10-13)24-4/h6-7,10,12H,5,8-9,11H2,1-4H3,(H,19,22)(H3,18,20,21). The molecule has 7 heteroatoms. The summed E-state index contributed by atoms with van der Waals surface area (Å²) in [5, 5.41) is 5.88. The Kier molecular flexibility index (Phi) is 8.46. The summed E-state index contributed by atoms with van der Waals surface area (Å²) in [5.41, 5.74) is 6.81. The number of amides is 1. The molecule has 0 saturated carbocycles. The van der Waals surface area contributed by atoms with E-state index in [0.717, 1.165) is 12.0 Å². The Balaban J connectivity index is 2.35. The van der Waals surface area contributed by atoms with Gasteiger partial charge in [0.1, 0.15) is 0 Å². The van der Waals surface area contributed by atoms with E-state index in [0.29, 0.717) is 37.1 Å². The molecule has 0 saturated heterocycles. The lowest BCUT2D eigenvalue weighted by Gasteiger charge is -2.10. The van der Waals surface area contributed by atoms with Crippen LogP contribution in [0.15, 0.2) is 23.2 Å². The van der Waals surface area contributed by atoms with Crippen LogP contribution in [0.2, 0.25) is 0 Å². The Bertz CT molecular complexity index is 559. The highest BCUT2D eigenvalue weighted by Crippen LogP contribution is 2.27. The van der Waals surface area contributed by atoms with Gasteiger partial charge >= 0.3 is 0 Å². The fourth-order valence-corrected chi connectivity index (χ4v) is 1.93. The maximum atomic E-state index is 11.4. The fourth-order valence-electron chi connectivity index (χ4n) is 1.93. The highest BCUT2D eigenvalue weighted by Gasteiger charge is 2.05. The van der Waals surface area contributed by atoms with Crippen molar-refractivity contribution in [3.05, 3.63) is 23.8 Å². The molecule has 4 N–H and O–H groups in total. The summed E-state index contributed by atoms with van der Waals surface area (Å²) < 4.78 is 10.5. The van der Waals surface area contributed by atoms with Crippen molar-refractivity contribution in [1.29, 1.82) is 0 Å². The van der Waals surface area contributed by atoms with E-state index in [2.05, 4.69) is 15.6 Å². The first kappa shape index (κ1) is 19.6. The van der Waals surface area contributed by atoms with Crippen LogP contribution in [0, 0.1) is 5.92 Å². The molecule has 0 aromatic heterocycles. The van der Waals surface area contributed by atoms with Gasteiger partial charge in [-0.3, -0.25) is 4.79 Å². The van der Waals surface area contributed by atoms with Crippen molar-refractivity contribution >= 4 is 11.9 Å². The van der Waals surface area contributed by atoms with Crippen molar-refractivity contribution in [3.8, 4) is 11.5 Å². The minimum Gasteiger partial charge on any atom is -0.493 e. The quantitative estimate of drug-likeness (QED) is 0.358. The molecule has 1 amide bonds. The van der Waals surface area contributed by atoms with E-state index < -0.39 is 0 Å². The van der Waals surface area contributed by atoms with Gasteiger partial charge in [0.2, 0.25) is 5.91 Å². The van der Waals surface area contributed by atoms with Gasteiger partial charge in [0.05, 0.1) is 20.8 Å². The smallest absolute Gasteiger partial charge is 0.222 e. The maximum Gasteiger partial charge on any atom is 0.222 e. The maximum absolute atomic E-state index is 11.4. The summed E-state index contributed by atoms with van der Waals surface area (Å²) >= 11 is 0. The van der Waals surface area contributed by atoms with Crippen LogP contribution >= 0.6 is 0 Å². The number of carbonyl (C=O) groups is 1. The average Bonchev–Trinajstić information content (AvgIpc) is 2.58. The number of benzene rings is 1. The largest absolute Gasteiger partial charge is 0.493 e. The SMILES string of the molecule is COc1ccc(CN=C(N)NCCCNC(=O)C(C)C)cc1OC. The summed E-state index contributed by atoms with van der Waals surface area (Å²) in [4.78, 5) is 15.7. The van der Waals surface area contributed by atoms with Gasteiger partial charge < -0.3 is 25.8 Å². The number of aliphatic imine (C=N–C) groups is 1. The number of carbonyl (C=O) groups excluding carboxylic acids is 1. The zero-order valence-corrected chi connectivity index (χ0v) is 14.9. The van der Waals surface area contributed by atoms with Gasteiger partial charge in [-0.05, 0) is 24.1 Å². The van der Waals surface area contributed by atoms with Gasteiger partial charge in [-0.1, -0.05) is 19.9 Å². The lowest BCUT2D eigenvalue weighted by Crippen LogP contribution is -2.35. The Morgan fingerprint density at radius 1 is 1.17 bits per heavy atom. The van der Waals surface area contributed by atoms with E-state index in [1.807, 2.05) is 32.0 Å². The van der Waals surface area contributed by atoms with Crippen LogP contribution in [0.3, 0.4) is 0 Å². The summed E-state index contributed by atoms with van der Waals surface area (Å²) in [6, 6.07) is 5.63. The van der Waals surface area contributed by atoms with Crippen LogP contribution in [0.4, 0.5) is 0 Å². The second-order valence-corrected chi connectivity index (χ2v) is 5.62. The molecule has 24 heavy (non-hydrogen) atoms. The van der Waals surface area contributed by atoms with Crippen LogP contribution < -0.4 is 25.8 Å². The Labute approximate surface area is 143 Å². The minimum absolute atomic E-state index is 0.00563. The third-order valence-corrected chi connectivity index (χ3v) is 3.36. The van der Waals surface area contributed by atoms with Crippen LogP contribution in [-0.4, -0.2) is 39.2 Å². The second-order valence-electron chi connectivity index (χ2n) is 5.62. The molecule has 134 valence electrons. The third-order valence-electron chi connectivity index (χ3n) is 3.36. The number of hydrogen-bond donors (Lipinski definition) is 3. The predicted octanol–water partition coefficient (Wildman–Crippen LogP) is 1.27. The molecule has 0 unspecified atom stereocenters. The molecule has 0 fully saturated rings. The molecule has 0 atom stereocenters. The van der Waals surface area contributed by atoms with Crippen molar-refractivity contribution in [2.75, 3.05) is 27.3 Å². The van der Waals surface area contributed by atoms with Crippen LogP contribution in [0.5, 0.6) is 11.5 Å². The van der Waals surface area contributed by atoms with Gasteiger partial charge in [0, 0.05) is 19.0 Å². The molecule has 1 aromatic carbocycles. The molecule has 1 rings (SSSR count). The summed E-state index contributed by atoms with van der Waals surface area (Å²) in [5.74, 6) is 1.79. The summed E-state index contributed by atoms with van der Waals surface area (Å²) in [6.07, 6.45) is 0.783. The Hall–Kier alpha value is -2.44. The second kappa shape index (κ2) is 10.4.